The Morgan fingerprint density at radius 3 is 2.95 bits per heavy atom. The number of hydrogen-bond acceptors (Lipinski definition) is 3. The summed E-state index contributed by atoms with van der Waals surface area (Å²) in [6.45, 7) is 4.97. The Kier molecular flexibility index (Phi) is 2.71. The molecule has 4 nitrogen and oxygen atoms in total. The molecule has 2 aliphatic carbocycles. The van der Waals surface area contributed by atoms with Crippen molar-refractivity contribution in [2.75, 3.05) is 6.61 Å². The molecule has 2 saturated carbocycles. The van der Waals surface area contributed by atoms with Crippen LogP contribution in [0.15, 0.2) is 6.07 Å². The Hall–Kier alpha value is -0.870. The van der Waals surface area contributed by atoms with E-state index in [4.69, 9.17) is 9.84 Å². The van der Waals surface area contributed by atoms with Crippen LogP contribution in [0.25, 0.3) is 0 Å². The van der Waals surface area contributed by atoms with Gasteiger partial charge in [-0.05, 0) is 45.1 Å². The van der Waals surface area contributed by atoms with Crippen LogP contribution >= 0.6 is 0 Å². The summed E-state index contributed by atoms with van der Waals surface area (Å²) in [7, 11) is 0. The molecule has 2 bridgehead atoms. The third-order valence-electron chi connectivity index (χ3n) is 4.98. The highest BCUT2D eigenvalue weighted by Crippen LogP contribution is 2.40. The Balaban J connectivity index is 1.47. The molecule has 1 N–H and O–H groups in total. The van der Waals surface area contributed by atoms with E-state index in [2.05, 4.69) is 23.0 Å². The molecule has 1 aliphatic heterocycles. The summed E-state index contributed by atoms with van der Waals surface area (Å²) >= 11 is 0. The van der Waals surface area contributed by atoms with Gasteiger partial charge in [0.15, 0.2) is 0 Å². The Morgan fingerprint density at radius 1 is 1.47 bits per heavy atom. The monoisotopic (exact) mass is 261 g/mol. The van der Waals surface area contributed by atoms with E-state index in [1.165, 1.54) is 43.5 Å². The lowest BCUT2D eigenvalue weighted by Gasteiger charge is -2.27. The van der Waals surface area contributed by atoms with Gasteiger partial charge in [0, 0.05) is 24.5 Å². The lowest BCUT2D eigenvalue weighted by atomic mass is 10.00. The summed E-state index contributed by atoms with van der Waals surface area (Å²) in [6.07, 6.45) is 6.87. The molecule has 0 amide bonds. The third-order valence-corrected chi connectivity index (χ3v) is 4.98. The fraction of sp³-hybridized carbons (Fsp3) is 0.800. The van der Waals surface area contributed by atoms with Crippen LogP contribution in [0.3, 0.4) is 0 Å². The summed E-state index contributed by atoms with van der Waals surface area (Å²) in [5.41, 5.74) is 2.91. The predicted octanol–water partition coefficient (Wildman–Crippen LogP) is 2.19. The molecule has 0 spiro atoms. The SMILES string of the molecule is CCn1nc(C2CC2)cc1CNC12CCC(C1)OC2. The van der Waals surface area contributed by atoms with Crippen molar-refractivity contribution in [3.63, 3.8) is 0 Å². The maximum Gasteiger partial charge on any atom is 0.0658 e. The van der Waals surface area contributed by atoms with Gasteiger partial charge < -0.3 is 10.1 Å². The minimum absolute atomic E-state index is 0.257. The molecule has 3 aliphatic rings. The topological polar surface area (TPSA) is 39.1 Å². The third kappa shape index (κ3) is 2.11. The summed E-state index contributed by atoms with van der Waals surface area (Å²) in [5.74, 6) is 0.746. The molecule has 3 fully saturated rings. The summed E-state index contributed by atoms with van der Waals surface area (Å²) in [6, 6.07) is 2.31. The molecular formula is C15H23N3O. The molecule has 4 rings (SSSR count). The van der Waals surface area contributed by atoms with Gasteiger partial charge in [-0.1, -0.05) is 0 Å². The van der Waals surface area contributed by atoms with Gasteiger partial charge >= 0.3 is 0 Å². The summed E-state index contributed by atoms with van der Waals surface area (Å²) in [5, 5.41) is 8.50. The maximum absolute atomic E-state index is 5.77. The average molecular weight is 261 g/mol. The van der Waals surface area contributed by atoms with E-state index in [1.54, 1.807) is 0 Å². The van der Waals surface area contributed by atoms with Crippen molar-refractivity contribution < 1.29 is 4.74 Å². The van der Waals surface area contributed by atoms with E-state index in [1.807, 2.05) is 0 Å². The molecule has 19 heavy (non-hydrogen) atoms. The largest absolute Gasteiger partial charge is 0.376 e. The molecule has 2 heterocycles. The number of rotatable bonds is 5. The normalized spacial score (nSPS) is 33.2. The van der Waals surface area contributed by atoms with Gasteiger partial charge in [0.2, 0.25) is 0 Å². The Morgan fingerprint density at radius 2 is 2.37 bits per heavy atom. The smallest absolute Gasteiger partial charge is 0.0658 e. The fourth-order valence-corrected chi connectivity index (χ4v) is 3.59. The van der Waals surface area contributed by atoms with Gasteiger partial charge in [-0.25, -0.2) is 0 Å². The summed E-state index contributed by atoms with van der Waals surface area (Å²) < 4.78 is 7.93. The average Bonchev–Trinajstić information content (AvgIpc) is 2.94. The maximum atomic E-state index is 5.77. The highest BCUT2D eigenvalue weighted by Gasteiger charge is 2.45. The number of aryl methyl sites for hydroxylation is 1. The van der Waals surface area contributed by atoms with Crippen LogP contribution in [0.4, 0.5) is 0 Å². The highest BCUT2D eigenvalue weighted by molar-refractivity contribution is 5.19. The lowest BCUT2D eigenvalue weighted by Crippen LogP contribution is -2.44. The first-order valence-electron chi connectivity index (χ1n) is 7.71. The number of fused-ring (bicyclic) bond motifs is 2. The molecule has 1 saturated heterocycles. The highest BCUT2D eigenvalue weighted by atomic mass is 16.5. The molecule has 0 aromatic carbocycles. The van der Waals surface area contributed by atoms with Crippen LogP contribution in [0.1, 0.15) is 56.3 Å². The van der Waals surface area contributed by atoms with Gasteiger partial charge in [0.1, 0.15) is 0 Å². The van der Waals surface area contributed by atoms with E-state index < -0.39 is 0 Å². The zero-order chi connectivity index (χ0) is 12.9. The summed E-state index contributed by atoms with van der Waals surface area (Å²) in [4.78, 5) is 0. The molecule has 2 atom stereocenters. The first-order chi connectivity index (χ1) is 9.28. The molecule has 104 valence electrons. The number of nitrogens with zero attached hydrogens (tertiary/aromatic N) is 2. The fourth-order valence-electron chi connectivity index (χ4n) is 3.59. The van der Waals surface area contributed by atoms with Crippen molar-refractivity contribution in [3.05, 3.63) is 17.5 Å². The molecular weight excluding hydrogens is 238 g/mol. The predicted molar refractivity (Wildman–Crippen MR) is 73.0 cm³/mol. The van der Waals surface area contributed by atoms with Gasteiger partial charge in [-0.2, -0.15) is 5.10 Å². The van der Waals surface area contributed by atoms with E-state index in [0.29, 0.717) is 6.10 Å². The minimum atomic E-state index is 0.257. The van der Waals surface area contributed by atoms with E-state index in [0.717, 1.165) is 25.6 Å². The number of ether oxygens (including phenoxy) is 1. The van der Waals surface area contributed by atoms with Crippen molar-refractivity contribution in [2.24, 2.45) is 0 Å². The van der Waals surface area contributed by atoms with Crippen LogP contribution in [0.5, 0.6) is 0 Å². The second kappa shape index (κ2) is 4.32. The zero-order valence-electron chi connectivity index (χ0n) is 11.7. The Labute approximate surface area is 114 Å². The van der Waals surface area contributed by atoms with E-state index >= 15 is 0 Å². The molecule has 2 unspecified atom stereocenters. The standard InChI is InChI=1S/C15H23N3O/c1-2-18-12(7-14(17-18)11-3-4-11)9-16-15-6-5-13(8-15)19-10-15/h7,11,13,16H,2-6,8-10H2,1H3. The zero-order valence-corrected chi connectivity index (χ0v) is 11.7. The van der Waals surface area contributed by atoms with Gasteiger partial charge in [0.25, 0.3) is 0 Å². The molecule has 1 aromatic rings. The number of hydrogen-bond donors (Lipinski definition) is 1. The van der Waals surface area contributed by atoms with Crippen molar-refractivity contribution in [2.45, 2.75) is 69.7 Å². The van der Waals surface area contributed by atoms with Crippen molar-refractivity contribution in [1.29, 1.82) is 0 Å². The van der Waals surface area contributed by atoms with Gasteiger partial charge in [0.05, 0.1) is 24.1 Å². The van der Waals surface area contributed by atoms with Crippen LogP contribution in [0, 0.1) is 0 Å². The Bertz CT molecular complexity index is 470. The van der Waals surface area contributed by atoms with Crippen molar-refractivity contribution in [3.8, 4) is 0 Å². The van der Waals surface area contributed by atoms with Crippen LogP contribution in [0.2, 0.25) is 0 Å². The lowest BCUT2D eigenvalue weighted by molar-refractivity contribution is 0.0629. The van der Waals surface area contributed by atoms with Crippen molar-refractivity contribution >= 4 is 0 Å². The second-order valence-electron chi connectivity index (χ2n) is 6.46. The molecule has 0 radical (unpaired) electrons. The molecule has 4 heteroatoms. The second-order valence-corrected chi connectivity index (χ2v) is 6.46. The van der Waals surface area contributed by atoms with Crippen molar-refractivity contribution in [1.82, 2.24) is 15.1 Å². The van der Waals surface area contributed by atoms with Gasteiger partial charge in [-0.3, -0.25) is 4.68 Å². The first kappa shape index (κ1) is 11.9. The quantitative estimate of drug-likeness (QED) is 0.883. The van der Waals surface area contributed by atoms with Gasteiger partial charge in [-0.15, -0.1) is 0 Å². The number of nitrogens with one attached hydrogen (secondary N) is 1. The van der Waals surface area contributed by atoms with E-state index in [-0.39, 0.29) is 5.54 Å². The van der Waals surface area contributed by atoms with Crippen LogP contribution in [-0.4, -0.2) is 28.0 Å². The minimum Gasteiger partial charge on any atom is -0.376 e. The first-order valence-corrected chi connectivity index (χ1v) is 7.71. The van der Waals surface area contributed by atoms with E-state index in [9.17, 15) is 0 Å². The van der Waals surface area contributed by atoms with Crippen LogP contribution < -0.4 is 5.32 Å². The number of aromatic nitrogens is 2. The van der Waals surface area contributed by atoms with Crippen LogP contribution in [-0.2, 0) is 17.8 Å². The molecule has 1 aromatic heterocycles.